The molecule has 108 valence electrons. The second-order valence-electron chi connectivity index (χ2n) is 4.02. The third-order valence-electron chi connectivity index (χ3n) is 2.45. The summed E-state index contributed by atoms with van der Waals surface area (Å²) in [6.07, 6.45) is 0. The van der Waals surface area contributed by atoms with Crippen LogP contribution in [0.4, 0.5) is 0 Å². The molecule has 0 atom stereocenters. The van der Waals surface area contributed by atoms with E-state index in [9.17, 15) is 0 Å². The van der Waals surface area contributed by atoms with E-state index >= 15 is 0 Å². The predicted octanol–water partition coefficient (Wildman–Crippen LogP) is 1.93. The van der Waals surface area contributed by atoms with Crippen LogP contribution in [0.15, 0.2) is 24.3 Å². The maximum absolute atomic E-state index is 5.72. The lowest BCUT2D eigenvalue weighted by atomic mass is 10.2. The lowest BCUT2D eigenvalue weighted by Crippen LogP contribution is -2.13. The van der Waals surface area contributed by atoms with Crippen molar-refractivity contribution in [3.8, 4) is 0 Å². The number of benzene rings is 1. The summed E-state index contributed by atoms with van der Waals surface area (Å²) in [5.41, 5.74) is 7.55. The average molecular weight is 288 g/mol. The number of hydrogen-bond acceptors (Lipinski definition) is 4. The Morgan fingerprint density at radius 2 is 1.32 bits per heavy atom. The zero-order valence-corrected chi connectivity index (χ0v) is 11.9. The van der Waals surface area contributed by atoms with Gasteiger partial charge in [0, 0.05) is 12.4 Å². The minimum absolute atomic E-state index is 0.543. The molecule has 0 heterocycles. The minimum atomic E-state index is 0.543. The molecular formula is C14H22ClNO3. The molecule has 1 aromatic rings. The molecule has 4 nitrogen and oxygen atoms in total. The van der Waals surface area contributed by atoms with Gasteiger partial charge < -0.3 is 19.9 Å². The van der Waals surface area contributed by atoms with E-state index < -0.39 is 0 Å². The van der Waals surface area contributed by atoms with Gasteiger partial charge in [-0.15, -0.1) is 11.6 Å². The molecule has 0 bridgehead atoms. The molecule has 0 fully saturated rings. The Bertz CT molecular complexity index is 319. The highest BCUT2D eigenvalue weighted by Crippen LogP contribution is 2.07. The summed E-state index contributed by atoms with van der Waals surface area (Å²) in [6, 6.07) is 8.08. The maximum Gasteiger partial charge on any atom is 0.0718 e. The third kappa shape index (κ3) is 8.18. The second kappa shape index (κ2) is 11.2. The Labute approximate surface area is 119 Å². The topological polar surface area (TPSA) is 53.7 Å². The summed E-state index contributed by atoms with van der Waals surface area (Å²) in [6.45, 7) is 4.03. The van der Waals surface area contributed by atoms with Gasteiger partial charge in [0.15, 0.2) is 0 Å². The van der Waals surface area contributed by atoms with Gasteiger partial charge in [0.2, 0.25) is 0 Å². The number of halogens is 1. The maximum atomic E-state index is 5.72. The van der Waals surface area contributed by atoms with Crippen molar-refractivity contribution in [1.82, 2.24) is 0 Å². The first kappa shape index (κ1) is 16.4. The van der Waals surface area contributed by atoms with E-state index in [1.807, 2.05) is 24.3 Å². The molecule has 0 unspecified atom stereocenters. The standard InChI is InChI=1S/C14H22ClNO3/c15-11-13-1-3-14(4-2-13)12-19-10-9-18-8-7-17-6-5-16/h1-4H,5-12,16H2. The molecular weight excluding hydrogens is 266 g/mol. The highest BCUT2D eigenvalue weighted by atomic mass is 35.5. The normalized spacial score (nSPS) is 10.8. The molecule has 1 aromatic carbocycles. The largest absolute Gasteiger partial charge is 0.378 e. The summed E-state index contributed by atoms with van der Waals surface area (Å²) >= 11 is 5.72. The van der Waals surface area contributed by atoms with E-state index in [2.05, 4.69) is 0 Å². The van der Waals surface area contributed by atoms with Crippen LogP contribution in [0.5, 0.6) is 0 Å². The zero-order chi connectivity index (χ0) is 13.8. The van der Waals surface area contributed by atoms with Crippen molar-refractivity contribution in [2.24, 2.45) is 5.73 Å². The lowest BCUT2D eigenvalue weighted by Gasteiger charge is -2.07. The molecule has 0 amide bonds. The molecule has 5 heteroatoms. The van der Waals surface area contributed by atoms with Crippen LogP contribution < -0.4 is 5.73 Å². The first-order valence-electron chi connectivity index (χ1n) is 6.44. The van der Waals surface area contributed by atoms with E-state index in [4.69, 9.17) is 31.5 Å². The number of rotatable bonds is 11. The fourth-order valence-electron chi connectivity index (χ4n) is 1.44. The van der Waals surface area contributed by atoms with Crippen LogP contribution >= 0.6 is 11.6 Å². The third-order valence-corrected chi connectivity index (χ3v) is 2.76. The second-order valence-corrected chi connectivity index (χ2v) is 4.28. The number of nitrogens with two attached hydrogens (primary N) is 1. The van der Waals surface area contributed by atoms with Gasteiger partial charge in [-0.05, 0) is 11.1 Å². The van der Waals surface area contributed by atoms with Gasteiger partial charge in [-0.3, -0.25) is 0 Å². The Morgan fingerprint density at radius 3 is 1.89 bits per heavy atom. The molecule has 0 aliphatic heterocycles. The molecule has 19 heavy (non-hydrogen) atoms. The average Bonchev–Trinajstić information content (AvgIpc) is 2.46. The minimum Gasteiger partial charge on any atom is -0.378 e. The van der Waals surface area contributed by atoms with Crippen LogP contribution in [0.3, 0.4) is 0 Å². The molecule has 0 saturated carbocycles. The van der Waals surface area contributed by atoms with E-state index in [0.717, 1.165) is 11.1 Å². The fourth-order valence-corrected chi connectivity index (χ4v) is 1.62. The quantitative estimate of drug-likeness (QED) is 0.499. The van der Waals surface area contributed by atoms with Crippen LogP contribution in [0.2, 0.25) is 0 Å². The highest BCUT2D eigenvalue weighted by molar-refractivity contribution is 6.17. The summed E-state index contributed by atoms with van der Waals surface area (Å²) in [7, 11) is 0. The molecule has 2 N–H and O–H groups in total. The smallest absolute Gasteiger partial charge is 0.0718 e. The van der Waals surface area contributed by atoms with Crippen LogP contribution in [-0.2, 0) is 26.7 Å². The fraction of sp³-hybridized carbons (Fsp3) is 0.571. The van der Waals surface area contributed by atoms with Crippen molar-refractivity contribution in [2.75, 3.05) is 39.6 Å². The van der Waals surface area contributed by atoms with Gasteiger partial charge in [0.05, 0.1) is 39.6 Å². The molecule has 1 rings (SSSR count). The van der Waals surface area contributed by atoms with Gasteiger partial charge in [-0.1, -0.05) is 24.3 Å². The highest BCUT2D eigenvalue weighted by Gasteiger charge is 1.95. The van der Waals surface area contributed by atoms with Gasteiger partial charge >= 0.3 is 0 Å². The van der Waals surface area contributed by atoms with Crippen molar-refractivity contribution in [3.05, 3.63) is 35.4 Å². The van der Waals surface area contributed by atoms with Gasteiger partial charge in [-0.25, -0.2) is 0 Å². The van der Waals surface area contributed by atoms with Crippen LogP contribution in [0.25, 0.3) is 0 Å². The monoisotopic (exact) mass is 287 g/mol. The summed E-state index contributed by atoms with van der Waals surface area (Å²) in [5.74, 6) is 0.543. The van der Waals surface area contributed by atoms with Crippen molar-refractivity contribution < 1.29 is 14.2 Å². The molecule has 0 aliphatic carbocycles. The van der Waals surface area contributed by atoms with Crippen LogP contribution in [-0.4, -0.2) is 39.6 Å². The van der Waals surface area contributed by atoms with Crippen molar-refractivity contribution in [2.45, 2.75) is 12.5 Å². The van der Waals surface area contributed by atoms with E-state index in [1.165, 1.54) is 0 Å². The first-order valence-corrected chi connectivity index (χ1v) is 6.97. The number of ether oxygens (including phenoxy) is 3. The molecule has 0 aromatic heterocycles. The Kier molecular flexibility index (Phi) is 9.67. The summed E-state index contributed by atoms with van der Waals surface area (Å²) < 4.78 is 16.0. The lowest BCUT2D eigenvalue weighted by molar-refractivity contribution is 0.0119. The van der Waals surface area contributed by atoms with E-state index in [1.54, 1.807) is 0 Å². The van der Waals surface area contributed by atoms with Crippen LogP contribution in [0, 0.1) is 0 Å². The van der Waals surface area contributed by atoms with E-state index in [0.29, 0.717) is 52.1 Å². The van der Waals surface area contributed by atoms with Crippen molar-refractivity contribution >= 4 is 11.6 Å². The van der Waals surface area contributed by atoms with Gasteiger partial charge in [0.25, 0.3) is 0 Å². The van der Waals surface area contributed by atoms with E-state index in [-0.39, 0.29) is 0 Å². The zero-order valence-electron chi connectivity index (χ0n) is 11.1. The molecule has 0 aliphatic rings. The van der Waals surface area contributed by atoms with Gasteiger partial charge in [0.1, 0.15) is 0 Å². The molecule has 0 radical (unpaired) electrons. The molecule has 0 saturated heterocycles. The first-order chi connectivity index (χ1) is 9.36. The summed E-state index contributed by atoms with van der Waals surface area (Å²) in [4.78, 5) is 0. The summed E-state index contributed by atoms with van der Waals surface area (Å²) in [5, 5.41) is 0. The number of alkyl halides is 1. The van der Waals surface area contributed by atoms with Crippen molar-refractivity contribution in [3.63, 3.8) is 0 Å². The Morgan fingerprint density at radius 1 is 0.789 bits per heavy atom. The Balaban J connectivity index is 1.95. The van der Waals surface area contributed by atoms with Crippen LogP contribution in [0.1, 0.15) is 11.1 Å². The Hall–Kier alpha value is -0.650. The number of hydrogen-bond donors (Lipinski definition) is 1. The SMILES string of the molecule is NCCOCCOCCOCc1ccc(CCl)cc1. The van der Waals surface area contributed by atoms with Crippen molar-refractivity contribution in [1.29, 1.82) is 0 Å². The predicted molar refractivity (Wildman–Crippen MR) is 76.3 cm³/mol. The van der Waals surface area contributed by atoms with Gasteiger partial charge in [-0.2, -0.15) is 0 Å². The molecule has 0 spiro atoms.